The molecule has 0 bridgehead atoms. The second kappa shape index (κ2) is 10.8. The van der Waals surface area contributed by atoms with Gasteiger partial charge in [-0.05, 0) is 42.8 Å². The number of nitrogens with zero attached hydrogens (tertiary/aromatic N) is 5. The van der Waals surface area contributed by atoms with Crippen LogP contribution in [0.2, 0.25) is 0 Å². The molecule has 0 spiro atoms. The summed E-state index contributed by atoms with van der Waals surface area (Å²) in [4.78, 5) is 17.6. The maximum Gasteiger partial charge on any atom is 0.261 e. The van der Waals surface area contributed by atoms with Gasteiger partial charge in [0.1, 0.15) is 11.6 Å². The quantitative estimate of drug-likeness (QED) is 0.378. The number of pyridine rings is 1. The van der Waals surface area contributed by atoms with E-state index in [9.17, 15) is 12.8 Å². The Morgan fingerprint density at radius 1 is 1.18 bits per heavy atom. The Morgan fingerprint density at radius 2 is 1.91 bits per heavy atom. The van der Waals surface area contributed by atoms with Gasteiger partial charge >= 0.3 is 0 Å². The van der Waals surface area contributed by atoms with Crippen LogP contribution >= 0.6 is 0 Å². The Balaban J connectivity index is 0.000000555. The third-order valence-electron chi connectivity index (χ3n) is 4.13. The van der Waals surface area contributed by atoms with E-state index in [-0.39, 0.29) is 5.82 Å². The average Bonchev–Trinajstić information content (AvgIpc) is 3.17. The Morgan fingerprint density at radius 3 is 2.55 bits per heavy atom. The van der Waals surface area contributed by atoms with Gasteiger partial charge in [-0.15, -0.1) is 0 Å². The summed E-state index contributed by atoms with van der Waals surface area (Å²) >= 11 is 0. The minimum atomic E-state index is -3.67. The number of hydrogen-bond acceptors (Lipinski definition) is 8. The summed E-state index contributed by atoms with van der Waals surface area (Å²) in [5, 5.41) is 3.10. The number of nitrogens with one attached hydrogen (secondary N) is 1. The van der Waals surface area contributed by atoms with Crippen LogP contribution < -0.4 is 10.1 Å². The maximum atomic E-state index is 13.2. The second-order valence-electron chi connectivity index (χ2n) is 6.97. The van der Waals surface area contributed by atoms with Crippen LogP contribution in [0.1, 0.15) is 19.8 Å². The van der Waals surface area contributed by atoms with Crippen LogP contribution in [0, 0.1) is 5.82 Å². The standard InChI is InChI=1S/C20H19FN6O.CH4O3S/c1-2-3-11-27-13-23-17-18(27)25-20(24-15-8-6-14(21)7-9-15)26-19(17)28-16-5-4-10-22-12-16;1-5(2,3)4/h4-10,12-13H,2-3,11H2,1H3,(H,24,25,26);1H3,(H,2,3,4). The van der Waals surface area contributed by atoms with Crippen molar-refractivity contribution in [3.05, 3.63) is 60.9 Å². The molecule has 174 valence electrons. The van der Waals surface area contributed by atoms with Gasteiger partial charge in [-0.3, -0.25) is 9.54 Å². The van der Waals surface area contributed by atoms with Crippen LogP contribution in [0.15, 0.2) is 55.1 Å². The molecule has 4 rings (SSSR count). The molecule has 10 nitrogen and oxygen atoms in total. The summed E-state index contributed by atoms with van der Waals surface area (Å²) in [7, 11) is -3.67. The molecule has 0 aliphatic heterocycles. The molecular formula is C21H23FN6O4S. The first kappa shape index (κ1) is 24.0. The lowest BCUT2D eigenvalue weighted by atomic mass is 10.3. The van der Waals surface area contributed by atoms with Crippen molar-refractivity contribution >= 4 is 32.9 Å². The van der Waals surface area contributed by atoms with Gasteiger partial charge in [-0.2, -0.15) is 18.4 Å². The smallest absolute Gasteiger partial charge is 0.261 e. The Hall–Kier alpha value is -3.64. The molecule has 33 heavy (non-hydrogen) atoms. The molecule has 0 amide bonds. The van der Waals surface area contributed by atoms with Crippen molar-refractivity contribution in [1.82, 2.24) is 24.5 Å². The summed E-state index contributed by atoms with van der Waals surface area (Å²) in [6.07, 6.45) is 7.80. The summed E-state index contributed by atoms with van der Waals surface area (Å²) in [6.45, 7) is 2.93. The molecule has 4 aromatic rings. The molecule has 0 radical (unpaired) electrons. The molecule has 0 aliphatic carbocycles. The van der Waals surface area contributed by atoms with Gasteiger partial charge < -0.3 is 14.6 Å². The molecule has 2 N–H and O–H groups in total. The van der Waals surface area contributed by atoms with Crippen molar-refractivity contribution in [2.45, 2.75) is 26.3 Å². The minimum absolute atomic E-state index is 0.305. The van der Waals surface area contributed by atoms with Crippen molar-refractivity contribution in [2.24, 2.45) is 0 Å². The van der Waals surface area contributed by atoms with Crippen LogP contribution in [-0.4, -0.2) is 43.7 Å². The third-order valence-corrected chi connectivity index (χ3v) is 4.13. The fourth-order valence-corrected chi connectivity index (χ4v) is 2.72. The first-order chi connectivity index (χ1) is 15.7. The van der Waals surface area contributed by atoms with Gasteiger partial charge in [-0.1, -0.05) is 13.3 Å². The lowest BCUT2D eigenvalue weighted by Crippen LogP contribution is -2.03. The van der Waals surface area contributed by atoms with Gasteiger partial charge in [0.25, 0.3) is 16.0 Å². The lowest BCUT2D eigenvalue weighted by Gasteiger charge is -2.10. The highest BCUT2D eigenvalue weighted by Crippen LogP contribution is 2.28. The van der Waals surface area contributed by atoms with Gasteiger partial charge in [0.05, 0.1) is 18.8 Å². The highest BCUT2D eigenvalue weighted by atomic mass is 32.2. The molecule has 0 unspecified atom stereocenters. The van der Waals surface area contributed by atoms with Crippen molar-refractivity contribution in [3.63, 3.8) is 0 Å². The predicted octanol–water partition coefficient (Wildman–Crippen LogP) is 4.20. The molecule has 0 saturated carbocycles. The first-order valence-corrected chi connectivity index (χ1v) is 11.8. The summed E-state index contributed by atoms with van der Waals surface area (Å²) in [5.74, 6) is 0.924. The number of imidazole rings is 1. The fourth-order valence-electron chi connectivity index (χ4n) is 2.72. The van der Waals surface area contributed by atoms with E-state index in [1.165, 1.54) is 12.1 Å². The van der Waals surface area contributed by atoms with Crippen LogP contribution in [0.5, 0.6) is 11.6 Å². The zero-order chi connectivity index (χ0) is 23.8. The highest BCUT2D eigenvalue weighted by molar-refractivity contribution is 7.85. The number of aromatic nitrogens is 5. The monoisotopic (exact) mass is 474 g/mol. The molecule has 3 heterocycles. The molecule has 0 fully saturated rings. The zero-order valence-electron chi connectivity index (χ0n) is 18.0. The number of fused-ring (bicyclic) bond motifs is 1. The summed E-state index contributed by atoms with van der Waals surface area (Å²) in [6, 6.07) is 9.57. The highest BCUT2D eigenvalue weighted by Gasteiger charge is 2.15. The molecule has 1 aromatic carbocycles. The van der Waals surface area contributed by atoms with Crippen molar-refractivity contribution in [1.29, 1.82) is 0 Å². The van der Waals surface area contributed by atoms with E-state index < -0.39 is 10.1 Å². The number of aryl methyl sites for hydroxylation is 1. The third kappa shape index (κ3) is 7.47. The number of rotatable bonds is 7. The largest absolute Gasteiger partial charge is 0.435 e. The minimum Gasteiger partial charge on any atom is -0.435 e. The van der Waals surface area contributed by atoms with E-state index in [0.29, 0.717) is 40.7 Å². The average molecular weight is 475 g/mol. The topological polar surface area (TPSA) is 132 Å². The second-order valence-corrected chi connectivity index (χ2v) is 8.44. The molecule has 12 heteroatoms. The van der Waals surface area contributed by atoms with E-state index in [0.717, 1.165) is 19.4 Å². The number of halogens is 1. The van der Waals surface area contributed by atoms with Crippen LogP contribution in [0.25, 0.3) is 11.2 Å². The Bertz CT molecular complexity index is 1290. The molecule has 3 aromatic heterocycles. The number of ether oxygens (including phenoxy) is 1. The summed E-state index contributed by atoms with van der Waals surface area (Å²) in [5.41, 5.74) is 1.92. The number of unbranched alkanes of at least 4 members (excludes halogenated alkanes) is 1. The fraction of sp³-hybridized carbons (Fsp3) is 0.238. The Kier molecular flexibility index (Phi) is 7.85. The van der Waals surface area contributed by atoms with E-state index >= 15 is 0 Å². The maximum absolute atomic E-state index is 13.2. The van der Waals surface area contributed by atoms with Crippen LogP contribution in [0.3, 0.4) is 0 Å². The van der Waals surface area contributed by atoms with E-state index in [1.807, 2.05) is 4.57 Å². The van der Waals surface area contributed by atoms with Crippen molar-refractivity contribution in [2.75, 3.05) is 11.6 Å². The van der Waals surface area contributed by atoms with E-state index in [2.05, 4.69) is 32.2 Å². The number of anilines is 2. The van der Waals surface area contributed by atoms with E-state index in [1.54, 1.807) is 43.0 Å². The van der Waals surface area contributed by atoms with Crippen LogP contribution in [0.4, 0.5) is 16.0 Å². The predicted molar refractivity (Wildman–Crippen MR) is 122 cm³/mol. The van der Waals surface area contributed by atoms with Gasteiger partial charge in [0.15, 0.2) is 11.2 Å². The normalized spacial score (nSPS) is 11.0. The van der Waals surface area contributed by atoms with Gasteiger partial charge in [0.2, 0.25) is 5.95 Å². The molecule has 0 aliphatic rings. The van der Waals surface area contributed by atoms with Gasteiger partial charge in [-0.25, -0.2) is 9.37 Å². The van der Waals surface area contributed by atoms with Crippen molar-refractivity contribution < 1.29 is 22.1 Å². The van der Waals surface area contributed by atoms with Crippen LogP contribution in [-0.2, 0) is 16.7 Å². The number of benzene rings is 1. The first-order valence-electron chi connectivity index (χ1n) is 9.98. The molecular weight excluding hydrogens is 451 g/mol. The SMILES string of the molecule is CCCCn1cnc2c(Oc3cccnc3)nc(Nc3ccc(F)cc3)nc21.CS(=O)(=O)O. The number of hydrogen-bond donors (Lipinski definition) is 2. The van der Waals surface area contributed by atoms with Crippen molar-refractivity contribution in [3.8, 4) is 11.6 Å². The molecule has 0 saturated heterocycles. The zero-order valence-corrected chi connectivity index (χ0v) is 18.8. The Labute approximate surface area is 190 Å². The summed E-state index contributed by atoms with van der Waals surface area (Å²) < 4.78 is 46.9. The lowest BCUT2D eigenvalue weighted by molar-refractivity contribution is 0.465. The van der Waals surface area contributed by atoms with E-state index in [4.69, 9.17) is 9.29 Å². The van der Waals surface area contributed by atoms with Gasteiger partial charge in [0, 0.05) is 18.4 Å². The molecule has 0 atom stereocenters.